The standard InChI is InChI=1S/C12H19N5O2S2/c1-7(8(18)17-6-5-13-10(17)19)20-11-16-15-9(21-11)14-12(2,3)4/h7H,5-6H2,1-4H3,(H,13,19)(H,14,15). The number of nitrogens with zero attached hydrogens (tertiary/aromatic N) is 3. The lowest BCUT2D eigenvalue weighted by Crippen LogP contribution is -2.38. The second-order valence-corrected chi connectivity index (χ2v) is 8.30. The van der Waals surface area contributed by atoms with E-state index in [1.807, 2.05) is 20.8 Å². The maximum Gasteiger partial charge on any atom is 0.324 e. The highest BCUT2D eigenvalue weighted by molar-refractivity contribution is 8.02. The molecule has 1 unspecified atom stereocenters. The van der Waals surface area contributed by atoms with Crippen LogP contribution in [0.25, 0.3) is 0 Å². The van der Waals surface area contributed by atoms with E-state index < -0.39 is 0 Å². The Balaban J connectivity index is 1.95. The third-order valence-corrected chi connectivity index (χ3v) is 4.65. The number of hydrogen-bond acceptors (Lipinski definition) is 7. The van der Waals surface area contributed by atoms with Gasteiger partial charge in [-0.05, 0) is 27.7 Å². The topological polar surface area (TPSA) is 87.2 Å². The fourth-order valence-corrected chi connectivity index (χ4v) is 3.90. The Bertz CT molecular complexity index is 540. The van der Waals surface area contributed by atoms with Gasteiger partial charge in [-0.25, -0.2) is 4.79 Å². The molecule has 1 saturated heterocycles. The largest absolute Gasteiger partial charge is 0.355 e. The molecule has 0 saturated carbocycles. The first kappa shape index (κ1) is 16.0. The Morgan fingerprint density at radius 2 is 2.19 bits per heavy atom. The van der Waals surface area contributed by atoms with Gasteiger partial charge in [0.05, 0.1) is 5.25 Å². The van der Waals surface area contributed by atoms with Crippen molar-refractivity contribution in [2.45, 2.75) is 42.8 Å². The van der Waals surface area contributed by atoms with Gasteiger partial charge in [0.1, 0.15) is 0 Å². The third kappa shape index (κ3) is 4.31. The highest BCUT2D eigenvalue weighted by Gasteiger charge is 2.30. The van der Waals surface area contributed by atoms with Gasteiger partial charge in [-0.15, -0.1) is 10.2 Å². The van der Waals surface area contributed by atoms with E-state index in [4.69, 9.17) is 0 Å². The van der Waals surface area contributed by atoms with Crippen LogP contribution in [0.15, 0.2) is 4.34 Å². The number of nitrogens with one attached hydrogen (secondary N) is 2. The van der Waals surface area contributed by atoms with Crippen LogP contribution in [0.1, 0.15) is 27.7 Å². The van der Waals surface area contributed by atoms with Crippen LogP contribution < -0.4 is 10.6 Å². The van der Waals surface area contributed by atoms with E-state index in [1.54, 1.807) is 6.92 Å². The molecule has 3 amide bonds. The van der Waals surface area contributed by atoms with Gasteiger partial charge >= 0.3 is 6.03 Å². The molecular weight excluding hydrogens is 310 g/mol. The van der Waals surface area contributed by atoms with E-state index in [0.29, 0.717) is 17.4 Å². The van der Waals surface area contributed by atoms with Crippen molar-refractivity contribution in [1.29, 1.82) is 0 Å². The highest BCUT2D eigenvalue weighted by Crippen LogP contribution is 2.30. The maximum atomic E-state index is 12.2. The smallest absolute Gasteiger partial charge is 0.324 e. The molecule has 0 aliphatic carbocycles. The molecule has 21 heavy (non-hydrogen) atoms. The van der Waals surface area contributed by atoms with Crippen molar-refractivity contribution < 1.29 is 9.59 Å². The normalized spacial score (nSPS) is 16.8. The van der Waals surface area contributed by atoms with Crippen LogP contribution in [-0.4, -0.2) is 50.9 Å². The fraction of sp³-hybridized carbons (Fsp3) is 0.667. The van der Waals surface area contributed by atoms with Crippen molar-refractivity contribution in [3.05, 3.63) is 0 Å². The van der Waals surface area contributed by atoms with Crippen molar-refractivity contribution in [3.63, 3.8) is 0 Å². The predicted molar refractivity (Wildman–Crippen MR) is 83.7 cm³/mol. The van der Waals surface area contributed by atoms with Crippen LogP contribution in [0, 0.1) is 0 Å². The molecule has 7 nitrogen and oxygen atoms in total. The third-order valence-electron chi connectivity index (χ3n) is 2.64. The minimum Gasteiger partial charge on any atom is -0.355 e. The van der Waals surface area contributed by atoms with Gasteiger partial charge in [0.15, 0.2) is 4.34 Å². The number of hydrogen-bond donors (Lipinski definition) is 2. The van der Waals surface area contributed by atoms with Gasteiger partial charge in [-0.2, -0.15) is 0 Å². The van der Waals surface area contributed by atoms with E-state index in [2.05, 4.69) is 20.8 Å². The maximum absolute atomic E-state index is 12.2. The van der Waals surface area contributed by atoms with Crippen molar-refractivity contribution in [1.82, 2.24) is 20.4 Å². The summed E-state index contributed by atoms with van der Waals surface area (Å²) in [5.74, 6) is -0.199. The summed E-state index contributed by atoms with van der Waals surface area (Å²) < 4.78 is 0.710. The molecule has 1 aliphatic rings. The van der Waals surface area contributed by atoms with Crippen LogP contribution in [0.2, 0.25) is 0 Å². The van der Waals surface area contributed by atoms with Crippen molar-refractivity contribution in [2.75, 3.05) is 18.4 Å². The summed E-state index contributed by atoms with van der Waals surface area (Å²) in [6.07, 6.45) is 0. The molecule has 9 heteroatoms. The highest BCUT2D eigenvalue weighted by atomic mass is 32.2. The molecule has 1 aliphatic heterocycles. The second-order valence-electron chi connectivity index (χ2n) is 5.73. The van der Waals surface area contributed by atoms with Crippen LogP contribution in [0.3, 0.4) is 0 Å². The summed E-state index contributed by atoms with van der Waals surface area (Å²) >= 11 is 2.73. The van der Waals surface area contributed by atoms with Crippen LogP contribution in [0.4, 0.5) is 9.93 Å². The first-order valence-corrected chi connectivity index (χ1v) is 8.33. The Morgan fingerprint density at radius 3 is 2.76 bits per heavy atom. The van der Waals surface area contributed by atoms with Gasteiger partial charge in [0, 0.05) is 18.6 Å². The molecule has 1 aromatic rings. The summed E-state index contributed by atoms with van der Waals surface area (Å²) in [7, 11) is 0. The molecule has 1 fully saturated rings. The van der Waals surface area contributed by atoms with E-state index >= 15 is 0 Å². The van der Waals surface area contributed by atoms with Crippen molar-refractivity contribution >= 4 is 40.2 Å². The van der Waals surface area contributed by atoms with E-state index in [-0.39, 0.29) is 22.7 Å². The van der Waals surface area contributed by atoms with Gasteiger partial charge < -0.3 is 10.6 Å². The quantitative estimate of drug-likeness (QED) is 0.819. The van der Waals surface area contributed by atoms with Crippen LogP contribution in [0.5, 0.6) is 0 Å². The monoisotopic (exact) mass is 329 g/mol. The number of rotatable bonds is 4. The minimum atomic E-state index is -0.371. The molecule has 0 spiro atoms. The molecule has 116 valence electrons. The summed E-state index contributed by atoms with van der Waals surface area (Å²) in [6, 6.07) is -0.320. The van der Waals surface area contributed by atoms with Crippen LogP contribution >= 0.6 is 23.1 Å². The molecule has 0 bridgehead atoms. The van der Waals surface area contributed by atoms with E-state index in [9.17, 15) is 9.59 Å². The SMILES string of the molecule is CC(Sc1nnc(NC(C)(C)C)s1)C(=O)N1CCNC1=O. The first-order valence-electron chi connectivity index (χ1n) is 6.64. The fourth-order valence-electron chi connectivity index (χ4n) is 1.73. The predicted octanol–water partition coefficient (Wildman–Crippen LogP) is 1.78. The average molecular weight is 329 g/mol. The molecule has 1 aromatic heterocycles. The second kappa shape index (κ2) is 6.18. The van der Waals surface area contributed by atoms with Gasteiger partial charge in [-0.1, -0.05) is 23.1 Å². The van der Waals surface area contributed by atoms with E-state index in [0.717, 1.165) is 5.13 Å². The van der Waals surface area contributed by atoms with Gasteiger partial charge in [0.25, 0.3) is 0 Å². The zero-order chi connectivity index (χ0) is 15.6. The Morgan fingerprint density at radius 1 is 1.48 bits per heavy atom. The summed E-state index contributed by atoms with van der Waals surface area (Å²) in [4.78, 5) is 24.9. The molecule has 1 atom stereocenters. The van der Waals surface area contributed by atoms with E-state index in [1.165, 1.54) is 28.0 Å². The Hall–Kier alpha value is -1.35. The first-order chi connectivity index (χ1) is 9.76. The number of amides is 3. The number of thioether (sulfide) groups is 1. The van der Waals surface area contributed by atoms with Crippen molar-refractivity contribution in [3.8, 4) is 0 Å². The summed E-state index contributed by atoms with van der Waals surface area (Å²) in [5.41, 5.74) is -0.0868. The number of urea groups is 1. The van der Waals surface area contributed by atoms with Gasteiger partial charge in [-0.3, -0.25) is 9.69 Å². The zero-order valence-electron chi connectivity index (χ0n) is 12.5. The number of carbonyl (C=O) groups excluding carboxylic acids is 2. The zero-order valence-corrected chi connectivity index (χ0v) is 14.1. The minimum absolute atomic E-state index is 0.0868. The molecular formula is C12H19N5O2S2. The average Bonchev–Trinajstić information content (AvgIpc) is 2.95. The molecule has 2 heterocycles. The molecule has 0 radical (unpaired) electrons. The Kier molecular flexibility index (Phi) is 4.72. The number of aromatic nitrogens is 2. The number of carbonyl (C=O) groups is 2. The van der Waals surface area contributed by atoms with Gasteiger partial charge in [0.2, 0.25) is 11.0 Å². The molecule has 2 N–H and O–H groups in total. The van der Waals surface area contributed by atoms with Crippen molar-refractivity contribution in [2.24, 2.45) is 0 Å². The lowest BCUT2D eigenvalue weighted by atomic mass is 10.1. The lowest BCUT2D eigenvalue weighted by Gasteiger charge is -2.18. The number of imide groups is 1. The molecule has 2 rings (SSSR count). The Labute approximate surface area is 131 Å². The van der Waals surface area contributed by atoms with Crippen LogP contribution in [-0.2, 0) is 4.79 Å². The summed E-state index contributed by atoms with van der Waals surface area (Å²) in [6.45, 7) is 8.84. The lowest BCUT2D eigenvalue weighted by molar-refractivity contribution is -0.126. The summed E-state index contributed by atoms with van der Waals surface area (Å²) in [5, 5.41) is 14.3. The molecule has 0 aromatic carbocycles. The number of anilines is 1.